The number of hydrogen-bond donors (Lipinski definition) is 0. The Balaban J connectivity index is 0.000000196. The fraction of sp³-hybridized carbons (Fsp3) is 0.846. The molecule has 0 radical (unpaired) electrons. The lowest BCUT2D eigenvalue weighted by Crippen LogP contribution is -2.55. The molecule has 19 heavy (non-hydrogen) atoms. The summed E-state index contributed by atoms with van der Waals surface area (Å²) in [6.07, 6.45) is 5.55. The SMILES string of the molecule is C1CN2CCN1CC2.O=C=NCCCCCN=C=O. The van der Waals surface area contributed by atoms with E-state index in [1.807, 2.05) is 0 Å². The Morgan fingerprint density at radius 2 is 1.05 bits per heavy atom. The molecule has 0 aromatic heterocycles. The first-order valence-electron chi connectivity index (χ1n) is 6.89. The predicted octanol–water partition coefficient (Wildman–Crippen LogP) is 0.446. The largest absolute Gasteiger partial charge is 0.300 e. The molecule has 0 aliphatic carbocycles. The molecule has 0 amide bonds. The minimum absolute atomic E-state index is 0.522. The molecule has 0 N–H and O–H groups in total. The third kappa shape index (κ3) is 7.65. The normalized spacial score (nSPS) is 23.6. The highest BCUT2D eigenvalue weighted by molar-refractivity contribution is 5.32. The molecule has 3 aliphatic rings. The van der Waals surface area contributed by atoms with Gasteiger partial charge < -0.3 is 0 Å². The first-order chi connectivity index (χ1) is 9.36. The first kappa shape index (κ1) is 15.7. The molecule has 6 nitrogen and oxygen atoms in total. The topological polar surface area (TPSA) is 65.3 Å². The lowest BCUT2D eigenvalue weighted by molar-refractivity contribution is 0.0647. The van der Waals surface area contributed by atoms with Gasteiger partial charge in [-0.15, -0.1) is 0 Å². The van der Waals surface area contributed by atoms with Crippen LogP contribution in [0.3, 0.4) is 0 Å². The van der Waals surface area contributed by atoms with E-state index >= 15 is 0 Å². The number of carbonyl (C=O) groups excluding carboxylic acids is 2. The van der Waals surface area contributed by atoms with E-state index in [0.717, 1.165) is 19.3 Å². The standard InChI is InChI=1S/C7H10N2O2.C6H12N2/c10-6-8-4-2-1-3-5-9-7-11;1-2-8-5-3-7(1)4-6-8/h1-5H2;1-6H2. The van der Waals surface area contributed by atoms with Gasteiger partial charge in [-0.1, -0.05) is 0 Å². The van der Waals surface area contributed by atoms with Crippen molar-refractivity contribution in [2.45, 2.75) is 19.3 Å². The summed E-state index contributed by atoms with van der Waals surface area (Å²) >= 11 is 0. The van der Waals surface area contributed by atoms with Crippen LogP contribution in [0.15, 0.2) is 9.98 Å². The maximum absolute atomic E-state index is 9.58. The molecule has 0 aromatic carbocycles. The average Bonchev–Trinajstić information content (AvgIpc) is 2.49. The smallest absolute Gasteiger partial charge is 0.234 e. The number of unbranched alkanes of at least 4 members (excludes halogenated alkanes) is 2. The van der Waals surface area contributed by atoms with Crippen LogP contribution < -0.4 is 0 Å². The maximum atomic E-state index is 9.58. The highest BCUT2D eigenvalue weighted by Crippen LogP contribution is 2.06. The van der Waals surface area contributed by atoms with E-state index in [0.29, 0.717) is 13.1 Å². The summed E-state index contributed by atoms with van der Waals surface area (Å²) in [5.74, 6) is 0. The fourth-order valence-corrected chi connectivity index (χ4v) is 2.17. The van der Waals surface area contributed by atoms with Crippen LogP contribution >= 0.6 is 0 Å². The van der Waals surface area contributed by atoms with E-state index in [-0.39, 0.29) is 0 Å². The van der Waals surface area contributed by atoms with Gasteiger partial charge in [0, 0.05) is 39.3 Å². The number of hydrogen-bond acceptors (Lipinski definition) is 6. The Bertz CT molecular complexity index is 285. The zero-order valence-electron chi connectivity index (χ0n) is 11.4. The van der Waals surface area contributed by atoms with Gasteiger partial charge in [-0.25, -0.2) is 19.6 Å². The quantitative estimate of drug-likeness (QED) is 0.398. The lowest BCUT2D eigenvalue weighted by atomic mass is 10.2. The van der Waals surface area contributed by atoms with Crippen LogP contribution in [0.25, 0.3) is 0 Å². The van der Waals surface area contributed by atoms with E-state index in [1.165, 1.54) is 51.4 Å². The number of aliphatic imine (C=N–C) groups is 2. The Labute approximate surface area is 114 Å². The highest BCUT2D eigenvalue weighted by Gasteiger charge is 2.21. The summed E-state index contributed by atoms with van der Waals surface area (Å²) in [5.41, 5.74) is 0. The lowest BCUT2D eigenvalue weighted by Gasteiger charge is -2.41. The van der Waals surface area contributed by atoms with Gasteiger partial charge in [0.25, 0.3) is 0 Å². The van der Waals surface area contributed by atoms with Crippen molar-refractivity contribution in [1.29, 1.82) is 0 Å². The molecular weight excluding hydrogens is 244 g/mol. The minimum Gasteiger partial charge on any atom is -0.300 e. The Kier molecular flexibility index (Phi) is 8.77. The summed E-state index contributed by atoms with van der Waals surface area (Å²) < 4.78 is 0. The molecule has 3 aliphatic heterocycles. The maximum Gasteiger partial charge on any atom is 0.234 e. The van der Waals surface area contributed by atoms with Crippen LogP contribution in [-0.2, 0) is 9.59 Å². The monoisotopic (exact) mass is 266 g/mol. The summed E-state index contributed by atoms with van der Waals surface area (Å²) in [6, 6.07) is 0. The van der Waals surface area contributed by atoms with Crippen LogP contribution in [0.1, 0.15) is 19.3 Å². The summed E-state index contributed by atoms with van der Waals surface area (Å²) in [7, 11) is 0. The average molecular weight is 266 g/mol. The second kappa shape index (κ2) is 10.6. The predicted molar refractivity (Wildman–Crippen MR) is 72.7 cm³/mol. The first-order valence-corrected chi connectivity index (χ1v) is 6.89. The van der Waals surface area contributed by atoms with Gasteiger partial charge >= 0.3 is 0 Å². The van der Waals surface area contributed by atoms with Gasteiger partial charge in [0.1, 0.15) is 0 Å². The zero-order chi connectivity index (χ0) is 13.8. The Morgan fingerprint density at radius 1 is 0.684 bits per heavy atom. The zero-order valence-corrected chi connectivity index (χ0v) is 11.4. The van der Waals surface area contributed by atoms with Crippen molar-refractivity contribution in [2.24, 2.45) is 9.98 Å². The molecule has 0 spiro atoms. The molecule has 3 fully saturated rings. The van der Waals surface area contributed by atoms with Crippen LogP contribution in [0.2, 0.25) is 0 Å². The molecule has 3 heterocycles. The second-order valence-electron chi connectivity index (χ2n) is 4.69. The van der Waals surface area contributed by atoms with E-state index in [2.05, 4.69) is 19.8 Å². The third-order valence-electron chi connectivity index (χ3n) is 3.37. The van der Waals surface area contributed by atoms with Crippen LogP contribution in [-0.4, -0.2) is 74.3 Å². The van der Waals surface area contributed by atoms with Gasteiger partial charge in [-0.3, -0.25) is 9.80 Å². The molecule has 3 rings (SSSR count). The molecule has 0 saturated carbocycles. The summed E-state index contributed by atoms with van der Waals surface area (Å²) in [5, 5.41) is 0. The minimum atomic E-state index is 0.522. The molecule has 0 atom stereocenters. The third-order valence-corrected chi connectivity index (χ3v) is 3.37. The second-order valence-corrected chi connectivity index (χ2v) is 4.69. The summed E-state index contributed by atoms with van der Waals surface area (Å²) in [4.78, 5) is 31.0. The van der Waals surface area contributed by atoms with Crippen molar-refractivity contribution in [1.82, 2.24) is 9.80 Å². The highest BCUT2D eigenvalue weighted by atomic mass is 16.1. The van der Waals surface area contributed by atoms with E-state index in [1.54, 1.807) is 0 Å². The van der Waals surface area contributed by atoms with Crippen molar-refractivity contribution in [2.75, 3.05) is 52.4 Å². The van der Waals surface area contributed by atoms with Gasteiger partial charge in [-0.05, 0) is 19.3 Å². The van der Waals surface area contributed by atoms with Crippen LogP contribution in [0.5, 0.6) is 0 Å². The van der Waals surface area contributed by atoms with Crippen molar-refractivity contribution in [3.05, 3.63) is 0 Å². The van der Waals surface area contributed by atoms with Gasteiger partial charge in [0.05, 0.1) is 13.1 Å². The van der Waals surface area contributed by atoms with Crippen molar-refractivity contribution >= 4 is 12.2 Å². The Morgan fingerprint density at radius 3 is 1.32 bits per heavy atom. The molecular formula is C13H22N4O2. The van der Waals surface area contributed by atoms with Crippen LogP contribution in [0, 0.1) is 0 Å². The molecule has 0 aromatic rings. The molecule has 6 heteroatoms. The van der Waals surface area contributed by atoms with Crippen LogP contribution in [0.4, 0.5) is 0 Å². The van der Waals surface area contributed by atoms with Gasteiger partial charge in [0.2, 0.25) is 12.2 Å². The molecule has 0 unspecified atom stereocenters. The molecule has 106 valence electrons. The van der Waals surface area contributed by atoms with Gasteiger partial charge in [0.15, 0.2) is 0 Å². The van der Waals surface area contributed by atoms with Crippen molar-refractivity contribution < 1.29 is 9.59 Å². The number of fused-ring (bicyclic) bond motifs is 3. The molecule has 3 saturated heterocycles. The number of isocyanates is 2. The van der Waals surface area contributed by atoms with E-state index in [9.17, 15) is 9.59 Å². The van der Waals surface area contributed by atoms with E-state index < -0.39 is 0 Å². The Hall–Kier alpha value is -1.32. The fourth-order valence-electron chi connectivity index (χ4n) is 2.17. The van der Waals surface area contributed by atoms with Crippen molar-refractivity contribution in [3.8, 4) is 0 Å². The number of nitrogens with zero attached hydrogens (tertiary/aromatic N) is 4. The van der Waals surface area contributed by atoms with Crippen molar-refractivity contribution in [3.63, 3.8) is 0 Å². The summed E-state index contributed by atoms with van der Waals surface area (Å²) in [6.45, 7) is 8.96. The molecule has 2 bridgehead atoms. The van der Waals surface area contributed by atoms with Gasteiger partial charge in [-0.2, -0.15) is 0 Å². The number of rotatable bonds is 6. The number of piperazine rings is 3. The van der Waals surface area contributed by atoms with E-state index in [4.69, 9.17) is 0 Å².